The Morgan fingerprint density at radius 1 is 1.33 bits per heavy atom. The van der Waals surface area contributed by atoms with E-state index in [1.54, 1.807) is 10.5 Å². The highest BCUT2D eigenvalue weighted by molar-refractivity contribution is 8.04. The minimum atomic E-state index is 0.662. The molecule has 64 valence electrons. The smallest absolute Gasteiger partial charge is 0.0527 e. The minimum absolute atomic E-state index is 0.662. The van der Waals surface area contributed by atoms with Crippen molar-refractivity contribution in [3.05, 3.63) is 34.3 Å². The van der Waals surface area contributed by atoms with Gasteiger partial charge in [-0.15, -0.1) is 11.8 Å². The normalized spacial score (nSPS) is 26.5. The topological polar surface area (TPSA) is 0 Å². The number of allylic oxidation sites excluding steroid dienone is 4. The summed E-state index contributed by atoms with van der Waals surface area (Å²) in [6.07, 6.45) is 9.37. The van der Waals surface area contributed by atoms with E-state index in [1.165, 1.54) is 18.4 Å². The Morgan fingerprint density at radius 3 is 2.83 bits per heavy atom. The predicted molar refractivity (Wildman–Crippen MR) is 56.2 cm³/mol. The molecule has 1 atom stereocenters. The summed E-state index contributed by atoms with van der Waals surface area (Å²) in [7, 11) is 0. The zero-order valence-corrected chi connectivity index (χ0v) is 8.45. The van der Waals surface area contributed by atoms with Gasteiger partial charge in [0.05, 0.1) is 5.25 Å². The largest absolute Gasteiger partial charge is 0.118 e. The van der Waals surface area contributed by atoms with Crippen molar-refractivity contribution in [1.82, 2.24) is 0 Å². The van der Waals surface area contributed by atoms with Crippen molar-refractivity contribution in [2.24, 2.45) is 0 Å². The summed E-state index contributed by atoms with van der Waals surface area (Å²) in [5, 5.41) is 0.662. The molecule has 2 aliphatic rings. The second kappa shape index (κ2) is 3.14. The summed E-state index contributed by atoms with van der Waals surface area (Å²) in [6, 6.07) is 0. The Kier molecular flexibility index (Phi) is 2.14. The SMILES string of the molecule is CCC1=CC2=C(CC)C=CC2S1. The van der Waals surface area contributed by atoms with E-state index >= 15 is 0 Å². The summed E-state index contributed by atoms with van der Waals surface area (Å²) in [5.41, 5.74) is 3.11. The quantitative estimate of drug-likeness (QED) is 0.621. The first kappa shape index (κ1) is 8.18. The standard InChI is InChI=1S/C11H14S/c1-3-8-5-6-11-10(8)7-9(4-2)12-11/h5-7,11H,3-4H2,1-2H3. The lowest BCUT2D eigenvalue weighted by atomic mass is 10.1. The van der Waals surface area contributed by atoms with E-state index in [9.17, 15) is 0 Å². The van der Waals surface area contributed by atoms with Crippen molar-refractivity contribution in [2.45, 2.75) is 31.9 Å². The van der Waals surface area contributed by atoms with Crippen LogP contribution in [-0.4, -0.2) is 5.25 Å². The van der Waals surface area contributed by atoms with Gasteiger partial charge in [0.15, 0.2) is 0 Å². The van der Waals surface area contributed by atoms with Gasteiger partial charge in [0.1, 0.15) is 0 Å². The van der Waals surface area contributed by atoms with Crippen LogP contribution in [0.1, 0.15) is 26.7 Å². The molecule has 2 rings (SSSR count). The molecular weight excluding hydrogens is 164 g/mol. The van der Waals surface area contributed by atoms with Crippen LogP contribution in [0.4, 0.5) is 0 Å². The summed E-state index contributed by atoms with van der Waals surface area (Å²) >= 11 is 2.02. The zero-order chi connectivity index (χ0) is 8.55. The molecule has 1 unspecified atom stereocenters. The summed E-state index contributed by atoms with van der Waals surface area (Å²) in [5.74, 6) is 0. The van der Waals surface area contributed by atoms with Crippen molar-refractivity contribution < 1.29 is 0 Å². The van der Waals surface area contributed by atoms with Gasteiger partial charge in [-0.05, 0) is 35.0 Å². The lowest BCUT2D eigenvalue weighted by Gasteiger charge is -2.01. The monoisotopic (exact) mass is 178 g/mol. The van der Waals surface area contributed by atoms with Crippen LogP contribution in [0, 0.1) is 0 Å². The van der Waals surface area contributed by atoms with E-state index in [1.807, 2.05) is 11.8 Å². The van der Waals surface area contributed by atoms with Gasteiger partial charge in [-0.1, -0.05) is 26.0 Å². The molecule has 0 saturated carbocycles. The van der Waals surface area contributed by atoms with E-state index in [0.29, 0.717) is 5.25 Å². The van der Waals surface area contributed by atoms with Crippen molar-refractivity contribution in [3.63, 3.8) is 0 Å². The minimum Gasteiger partial charge on any atom is -0.118 e. The van der Waals surface area contributed by atoms with Crippen molar-refractivity contribution >= 4 is 11.8 Å². The highest BCUT2D eigenvalue weighted by Gasteiger charge is 2.24. The summed E-state index contributed by atoms with van der Waals surface area (Å²) in [4.78, 5) is 1.55. The average Bonchev–Trinajstić information content (AvgIpc) is 2.61. The zero-order valence-electron chi connectivity index (χ0n) is 7.63. The predicted octanol–water partition coefficient (Wildman–Crippen LogP) is 3.67. The maximum atomic E-state index is 2.38. The molecule has 0 amide bonds. The second-order valence-corrected chi connectivity index (χ2v) is 4.46. The molecule has 0 aromatic heterocycles. The number of fused-ring (bicyclic) bond motifs is 1. The third-order valence-electron chi connectivity index (χ3n) is 2.47. The van der Waals surface area contributed by atoms with Gasteiger partial charge in [-0.3, -0.25) is 0 Å². The molecule has 0 N–H and O–H groups in total. The molecule has 0 fully saturated rings. The lowest BCUT2D eigenvalue weighted by molar-refractivity contribution is 1.13. The van der Waals surface area contributed by atoms with Crippen LogP contribution in [0.5, 0.6) is 0 Å². The number of rotatable bonds is 2. The fourth-order valence-corrected chi connectivity index (χ4v) is 2.93. The summed E-state index contributed by atoms with van der Waals surface area (Å²) in [6.45, 7) is 4.47. The van der Waals surface area contributed by atoms with E-state index < -0.39 is 0 Å². The molecule has 0 radical (unpaired) electrons. The van der Waals surface area contributed by atoms with E-state index in [0.717, 1.165) is 0 Å². The average molecular weight is 178 g/mol. The molecule has 0 bridgehead atoms. The van der Waals surface area contributed by atoms with E-state index in [2.05, 4.69) is 32.1 Å². The third-order valence-corrected chi connectivity index (χ3v) is 3.85. The highest BCUT2D eigenvalue weighted by atomic mass is 32.2. The lowest BCUT2D eigenvalue weighted by Crippen LogP contribution is -1.91. The van der Waals surface area contributed by atoms with Gasteiger partial charge in [-0.2, -0.15) is 0 Å². The third kappa shape index (κ3) is 1.16. The molecule has 0 saturated heterocycles. The molecule has 0 nitrogen and oxygen atoms in total. The fourth-order valence-electron chi connectivity index (χ4n) is 1.74. The maximum Gasteiger partial charge on any atom is 0.0527 e. The van der Waals surface area contributed by atoms with Crippen molar-refractivity contribution in [2.75, 3.05) is 0 Å². The van der Waals surface area contributed by atoms with Gasteiger partial charge >= 0.3 is 0 Å². The van der Waals surface area contributed by atoms with E-state index in [4.69, 9.17) is 0 Å². The van der Waals surface area contributed by atoms with Crippen LogP contribution >= 0.6 is 11.8 Å². The van der Waals surface area contributed by atoms with Gasteiger partial charge < -0.3 is 0 Å². The molecule has 1 heteroatoms. The molecule has 0 spiro atoms. The number of hydrogen-bond donors (Lipinski definition) is 0. The molecular formula is C11H14S. The maximum absolute atomic E-state index is 2.38. The molecule has 1 aliphatic carbocycles. The molecule has 0 aromatic rings. The summed E-state index contributed by atoms with van der Waals surface area (Å²) < 4.78 is 0. The molecule has 1 heterocycles. The first-order valence-electron chi connectivity index (χ1n) is 4.63. The Labute approximate surface area is 78.4 Å². The van der Waals surface area contributed by atoms with Crippen LogP contribution in [0.3, 0.4) is 0 Å². The molecule has 12 heavy (non-hydrogen) atoms. The van der Waals surface area contributed by atoms with Gasteiger partial charge in [0.2, 0.25) is 0 Å². The first-order valence-corrected chi connectivity index (χ1v) is 5.51. The number of thioether (sulfide) groups is 1. The Hall–Kier alpha value is -0.430. The highest BCUT2D eigenvalue weighted by Crippen LogP contribution is 2.43. The second-order valence-electron chi connectivity index (χ2n) is 3.20. The van der Waals surface area contributed by atoms with Crippen LogP contribution in [0.2, 0.25) is 0 Å². The van der Waals surface area contributed by atoms with Crippen LogP contribution in [-0.2, 0) is 0 Å². The first-order chi connectivity index (χ1) is 5.85. The van der Waals surface area contributed by atoms with Crippen LogP contribution in [0.25, 0.3) is 0 Å². The van der Waals surface area contributed by atoms with E-state index in [-0.39, 0.29) is 0 Å². The van der Waals surface area contributed by atoms with Crippen molar-refractivity contribution in [1.29, 1.82) is 0 Å². The van der Waals surface area contributed by atoms with Crippen LogP contribution in [0.15, 0.2) is 34.3 Å². The molecule has 1 aliphatic heterocycles. The Balaban J connectivity index is 2.29. The van der Waals surface area contributed by atoms with Gasteiger partial charge in [0, 0.05) is 0 Å². The number of hydrogen-bond acceptors (Lipinski definition) is 1. The Morgan fingerprint density at radius 2 is 2.17 bits per heavy atom. The van der Waals surface area contributed by atoms with Crippen LogP contribution < -0.4 is 0 Å². The van der Waals surface area contributed by atoms with Crippen molar-refractivity contribution in [3.8, 4) is 0 Å². The Bertz CT molecular complexity index is 281. The van der Waals surface area contributed by atoms with Gasteiger partial charge in [0.25, 0.3) is 0 Å². The van der Waals surface area contributed by atoms with Gasteiger partial charge in [-0.25, -0.2) is 0 Å². The molecule has 0 aromatic carbocycles. The fraction of sp³-hybridized carbons (Fsp3) is 0.455.